The van der Waals surface area contributed by atoms with Gasteiger partial charge < -0.3 is 15.9 Å². The first-order chi connectivity index (χ1) is 7.16. The van der Waals surface area contributed by atoms with Gasteiger partial charge in [-0.1, -0.05) is 0 Å². The number of carbonyl (C=O) groups is 1. The van der Waals surface area contributed by atoms with Crippen molar-refractivity contribution >= 4 is 17.2 Å². The Kier molecular flexibility index (Phi) is 2.17. The van der Waals surface area contributed by atoms with Gasteiger partial charge in [-0.3, -0.25) is 4.79 Å². The van der Waals surface area contributed by atoms with Gasteiger partial charge in [-0.25, -0.2) is 0 Å². The summed E-state index contributed by atoms with van der Waals surface area (Å²) in [4.78, 5) is 11.8. The first kappa shape index (κ1) is 9.33. The van der Waals surface area contributed by atoms with E-state index in [-0.39, 0.29) is 11.5 Å². The number of hydrogen-bond donors (Lipinski definition) is 2. The van der Waals surface area contributed by atoms with Crippen LogP contribution in [0.15, 0.2) is 41.0 Å². The monoisotopic (exact) mass is 202 g/mol. The second-order valence-electron chi connectivity index (χ2n) is 3.19. The number of carbonyl (C=O) groups excluding carboxylic acids is 1. The predicted molar refractivity (Wildman–Crippen MR) is 57.4 cm³/mol. The zero-order chi connectivity index (χ0) is 10.8. The first-order valence-electron chi connectivity index (χ1n) is 4.41. The lowest BCUT2D eigenvalue weighted by molar-refractivity contribution is 0.101. The second kappa shape index (κ2) is 3.49. The van der Waals surface area contributed by atoms with Gasteiger partial charge in [-0.15, -0.1) is 0 Å². The van der Waals surface area contributed by atoms with Gasteiger partial charge in [0.1, 0.15) is 0 Å². The molecule has 2 aromatic rings. The second-order valence-corrected chi connectivity index (χ2v) is 3.19. The molecular formula is C11H10N2O2. The maximum Gasteiger partial charge on any atom is 0.228 e. The largest absolute Gasteiger partial charge is 0.461 e. The highest BCUT2D eigenvalue weighted by Gasteiger charge is 2.12. The molecule has 0 radical (unpaired) electrons. The van der Waals surface area contributed by atoms with Gasteiger partial charge >= 0.3 is 0 Å². The average Bonchev–Trinajstić information content (AvgIpc) is 2.67. The van der Waals surface area contributed by atoms with E-state index in [2.05, 4.69) is 0 Å². The molecule has 76 valence electrons. The Morgan fingerprint density at radius 3 is 2.33 bits per heavy atom. The van der Waals surface area contributed by atoms with Crippen LogP contribution >= 0.6 is 0 Å². The van der Waals surface area contributed by atoms with Crippen LogP contribution in [-0.4, -0.2) is 5.78 Å². The molecule has 0 atom stereocenters. The van der Waals surface area contributed by atoms with Crippen molar-refractivity contribution in [2.45, 2.75) is 0 Å². The minimum atomic E-state index is -0.223. The Hall–Kier alpha value is -2.23. The number of ketones is 1. The molecule has 0 aliphatic rings. The third-order valence-electron chi connectivity index (χ3n) is 1.98. The molecule has 15 heavy (non-hydrogen) atoms. The first-order valence-corrected chi connectivity index (χ1v) is 4.41. The van der Waals surface area contributed by atoms with Gasteiger partial charge in [0.2, 0.25) is 5.78 Å². The molecule has 4 N–H and O–H groups in total. The summed E-state index contributed by atoms with van der Waals surface area (Å²) < 4.78 is 5.00. The third-order valence-corrected chi connectivity index (χ3v) is 1.98. The van der Waals surface area contributed by atoms with Crippen LogP contribution < -0.4 is 11.5 Å². The molecule has 4 nitrogen and oxygen atoms in total. The van der Waals surface area contributed by atoms with Crippen molar-refractivity contribution in [3.8, 4) is 0 Å². The molecule has 0 aliphatic heterocycles. The highest BCUT2D eigenvalue weighted by molar-refractivity contribution is 6.08. The number of hydrogen-bond acceptors (Lipinski definition) is 4. The van der Waals surface area contributed by atoms with Crippen LogP contribution in [0.2, 0.25) is 0 Å². The van der Waals surface area contributed by atoms with Crippen molar-refractivity contribution in [1.29, 1.82) is 0 Å². The lowest BCUT2D eigenvalue weighted by Crippen LogP contribution is -2.02. The number of rotatable bonds is 2. The molecule has 0 fully saturated rings. The van der Waals surface area contributed by atoms with Gasteiger partial charge in [-0.05, 0) is 30.3 Å². The van der Waals surface area contributed by atoms with E-state index >= 15 is 0 Å². The average molecular weight is 202 g/mol. The molecule has 0 saturated carbocycles. The van der Waals surface area contributed by atoms with Crippen LogP contribution in [0.4, 0.5) is 11.4 Å². The fourth-order valence-corrected chi connectivity index (χ4v) is 1.36. The van der Waals surface area contributed by atoms with Crippen molar-refractivity contribution in [3.63, 3.8) is 0 Å². The van der Waals surface area contributed by atoms with Gasteiger partial charge in [0, 0.05) is 16.9 Å². The lowest BCUT2D eigenvalue weighted by Gasteiger charge is -2.01. The zero-order valence-corrected chi connectivity index (χ0v) is 7.94. The molecule has 1 aromatic heterocycles. The molecular weight excluding hydrogens is 192 g/mol. The SMILES string of the molecule is Nc1cc(N)cc(C(=O)c2ccco2)c1. The maximum atomic E-state index is 11.8. The quantitative estimate of drug-likeness (QED) is 0.573. The minimum absolute atomic E-state index is 0.223. The van der Waals surface area contributed by atoms with Crippen LogP contribution in [0.3, 0.4) is 0 Å². The number of anilines is 2. The minimum Gasteiger partial charge on any atom is -0.461 e. The molecule has 4 heteroatoms. The maximum absolute atomic E-state index is 11.8. The molecule has 0 saturated heterocycles. The Bertz CT molecular complexity index is 469. The Morgan fingerprint density at radius 2 is 1.80 bits per heavy atom. The Balaban J connectivity index is 2.42. The number of nitrogen functional groups attached to an aromatic ring is 2. The molecule has 1 heterocycles. The lowest BCUT2D eigenvalue weighted by atomic mass is 10.1. The van der Waals surface area contributed by atoms with Crippen molar-refractivity contribution in [3.05, 3.63) is 47.9 Å². The van der Waals surface area contributed by atoms with E-state index in [1.54, 1.807) is 30.3 Å². The van der Waals surface area contributed by atoms with Gasteiger partial charge in [-0.2, -0.15) is 0 Å². The summed E-state index contributed by atoms with van der Waals surface area (Å²) >= 11 is 0. The topological polar surface area (TPSA) is 82.2 Å². The number of furan rings is 1. The van der Waals surface area contributed by atoms with Gasteiger partial charge in [0.05, 0.1) is 6.26 Å². The van der Waals surface area contributed by atoms with E-state index in [1.807, 2.05) is 0 Å². The van der Waals surface area contributed by atoms with Crippen LogP contribution in [0, 0.1) is 0 Å². The van der Waals surface area contributed by atoms with E-state index in [0.29, 0.717) is 16.9 Å². The van der Waals surface area contributed by atoms with Crippen molar-refractivity contribution < 1.29 is 9.21 Å². The highest BCUT2D eigenvalue weighted by atomic mass is 16.3. The van der Waals surface area contributed by atoms with E-state index in [4.69, 9.17) is 15.9 Å². The van der Waals surface area contributed by atoms with Crippen LogP contribution in [-0.2, 0) is 0 Å². The summed E-state index contributed by atoms with van der Waals surface area (Å²) in [6, 6.07) is 7.99. The van der Waals surface area contributed by atoms with E-state index < -0.39 is 0 Å². The highest BCUT2D eigenvalue weighted by Crippen LogP contribution is 2.17. The smallest absolute Gasteiger partial charge is 0.228 e. The fourth-order valence-electron chi connectivity index (χ4n) is 1.36. The predicted octanol–water partition coefficient (Wildman–Crippen LogP) is 1.68. The van der Waals surface area contributed by atoms with Gasteiger partial charge in [0.15, 0.2) is 5.76 Å². The summed E-state index contributed by atoms with van der Waals surface area (Å²) in [5, 5.41) is 0. The van der Waals surface area contributed by atoms with E-state index in [9.17, 15) is 4.79 Å². The van der Waals surface area contributed by atoms with Gasteiger partial charge in [0.25, 0.3) is 0 Å². The number of benzene rings is 1. The van der Waals surface area contributed by atoms with Crippen molar-refractivity contribution in [1.82, 2.24) is 0 Å². The zero-order valence-electron chi connectivity index (χ0n) is 7.94. The van der Waals surface area contributed by atoms with Crippen molar-refractivity contribution in [2.24, 2.45) is 0 Å². The van der Waals surface area contributed by atoms with Crippen LogP contribution in [0.1, 0.15) is 16.1 Å². The summed E-state index contributed by atoms with van der Waals surface area (Å²) in [7, 11) is 0. The van der Waals surface area contributed by atoms with Crippen LogP contribution in [0.5, 0.6) is 0 Å². The normalized spacial score (nSPS) is 10.1. The van der Waals surface area contributed by atoms with Crippen molar-refractivity contribution in [2.75, 3.05) is 11.5 Å². The third kappa shape index (κ3) is 1.83. The molecule has 0 amide bonds. The fraction of sp³-hybridized carbons (Fsp3) is 0. The molecule has 0 aliphatic carbocycles. The summed E-state index contributed by atoms with van der Waals surface area (Å²) in [5.41, 5.74) is 12.5. The van der Waals surface area contributed by atoms with E-state index in [0.717, 1.165) is 0 Å². The van der Waals surface area contributed by atoms with Crippen LogP contribution in [0.25, 0.3) is 0 Å². The molecule has 0 spiro atoms. The summed E-state index contributed by atoms with van der Waals surface area (Å²) in [5.74, 6) is 0.0546. The summed E-state index contributed by atoms with van der Waals surface area (Å²) in [6.45, 7) is 0. The molecule has 0 bridgehead atoms. The van der Waals surface area contributed by atoms with E-state index in [1.165, 1.54) is 6.26 Å². The number of nitrogens with two attached hydrogens (primary N) is 2. The Morgan fingerprint density at radius 1 is 1.13 bits per heavy atom. The summed E-state index contributed by atoms with van der Waals surface area (Å²) in [6.07, 6.45) is 1.45. The molecule has 0 unspecified atom stereocenters. The Labute approximate surface area is 86.5 Å². The molecule has 1 aromatic carbocycles. The standard InChI is InChI=1S/C11H10N2O2/c12-8-4-7(5-9(13)6-8)11(14)10-2-1-3-15-10/h1-6H,12-13H2. The molecule has 2 rings (SSSR count).